The third-order valence-corrected chi connectivity index (χ3v) is 4.89. The Kier molecular flexibility index (Phi) is 5.35. The number of para-hydroxylation sites is 1. The van der Waals surface area contributed by atoms with Gasteiger partial charge in [0.05, 0.1) is 21.5 Å². The van der Waals surface area contributed by atoms with Crippen LogP contribution in [0.25, 0.3) is 10.2 Å². The van der Waals surface area contributed by atoms with Crippen molar-refractivity contribution in [2.45, 2.75) is 0 Å². The molecular formula is C21H15N5O2S. The number of aromatic carboxylic acids is 1. The van der Waals surface area contributed by atoms with Gasteiger partial charge in [-0.15, -0.1) is 10.2 Å². The Hall–Kier alpha value is -3.91. The molecule has 0 fully saturated rings. The fourth-order valence-electron chi connectivity index (χ4n) is 2.53. The zero-order valence-electron chi connectivity index (χ0n) is 15.1. The van der Waals surface area contributed by atoms with Gasteiger partial charge >= 0.3 is 5.97 Å². The van der Waals surface area contributed by atoms with Crippen molar-refractivity contribution in [2.24, 2.45) is 15.3 Å². The van der Waals surface area contributed by atoms with Crippen LogP contribution >= 0.6 is 11.3 Å². The Bertz CT molecular complexity index is 1170. The molecule has 0 saturated heterocycles. The van der Waals surface area contributed by atoms with E-state index in [0.29, 0.717) is 16.7 Å². The summed E-state index contributed by atoms with van der Waals surface area (Å²) in [6, 6.07) is 23.5. The van der Waals surface area contributed by atoms with Gasteiger partial charge in [0.25, 0.3) is 0 Å². The summed E-state index contributed by atoms with van der Waals surface area (Å²) in [5.74, 6) is -0.596. The van der Waals surface area contributed by atoms with E-state index >= 15 is 0 Å². The molecule has 0 unspecified atom stereocenters. The zero-order chi connectivity index (χ0) is 20.1. The van der Waals surface area contributed by atoms with Crippen molar-refractivity contribution in [1.82, 2.24) is 4.98 Å². The van der Waals surface area contributed by atoms with Crippen molar-refractivity contribution >= 4 is 44.2 Å². The van der Waals surface area contributed by atoms with E-state index in [9.17, 15) is 4.79 Å². The highest BCUT2D eigenvalue weighted by Crippen LogP contribution is 2.28. The Morgan fingerprint density at radius 3 is 2.34 bits per heavy atom. The predicted molar refractivity (Wildman–Crippen MR) is 114 cm³/mol. The first-order valence-corrected chi connectivity index (χ1v) is 9.50. The smallest absolute Gasteiger partial charge is 0.335 e. The van der Waals surface area contributed by atoms with Gasteiger partial charge in [-0.05, 0) is 36.4 Å². The second-order valence-electron chi connectivity index (χ2n) is 5.96. The minimum Gasteiger partial charge on any atom is -0.478 e. The second-order valence-corrected chi connectivity index (χ2v) is 6.97. The Morgan fingerprint density at radius 1 is 0.897 bits per heavy atom. The zero-order valence-corrected chi connectivity index (χ0v) is 15.9. The minimum absolute atomic E-state index is 0.207. The normalized spacial score (nSPS) is 11.8. The van der Waals surface area contributed by atoms with Crippen LogP contribution in [0.3, 0.4) is 0 Å². The molecule has 0 bridgehead atoms. The quantitative estimate of drug-likeness (QED) is 0.198. The van der Waals surface area contributed by atoms with Crippen LogP contribution in [0.4, 0.5) is 10.8 Å². The molecule has 0 aliphatic carbocycles. The summed E-state index contributed by atoms with van der Waals surface area (Å²) >= 11 is 1.45. The van der Waals surface area contributed by atoms with Crippen LogP contribution in [0.15, 0.2) is 94.2 Å². The fraction of sp³-hybridized carbons (Fsp3) is 0. The van der Waals surface area contributed by atoms with Crippen molar-refractivity contribution in [2.75, 3.05) is 5.43 Å². The summed E-state index contributed by atoms with van der Waals surface area (Å²) in [6.07, 6.45) is 0. The number of nitrogens with one attached hydrogen (secondary N) is 1. The SMILES string of the molecule is O=C(O)c1ccc(NN=C(N=Nc2nc3ccccc3s2)c2ccccc2)cc1. The summed E-state index contributed by atoms with van der Waals surface area (Å²) in [7, 11) is 0. The topological polar surface area (TPSA) is 99.3 Å². The number of hydrogen-bond acceptors (Lipinski definition) is 6. The molecule has 8 heteroatoms. The molecule has 7 nitrogen and oxygen atoms in total. The lowest BCUT2D eigenvalue weighted by molar-refractivity contribution is 0.0697. The molecule has 142 valence electrons. The number of carboxylic acids is 1. The van der Waals surface area contributed by atoms with Crippen LogP contribution in [0.2, 0.25) is 0 Å². The van der Waals surface area contributed by atoms with Crippen molar-refractivity contribution in [1.29, 1.82) is 0 Å². The molecule has 1 aromatic heterocycles. The third-order valence-electron chi connectivity index (χ3n) is 3.97. The van der Waals surface area contributed by atoms with Gasteiger partial charge in [-0.2, -0.15) is 5.10 Å². The van der Waals surface area contributed by atoms with E-state index < -0.39 is 5.97 Å². The molecule has 0 atom stereocenters. The maximum absolute atomic E-state index is 11.0. The van der Waals surface area contributed by atoms with Crippen molar-refractivity contribution in [3.8, 4) is 0 Å². The molecule has 2 N–H and O–H groups in total. The minimum atomic E-state index is -0.977. The molecule has 3 aromatic carbocycles. The first-order valence-electron chi connectivity index (χ1n) is 8.69. The van der Waals surface area contributed by atoms with Crippen LogP contribution < -0.4 is 5.43 Å². The maximum Gasteiger partial charge on any atom is 0.335 e. The number of benzene rings is 3. The molecule has 0 radical (unpaired) electrons. The first-order chi connectivity index (χ1) is 14.2. The number of carbonyl (C=O) groups is 1. The molecule has 0 aliphatic rings. The average Bonchev–Trinajstić information content (AvgIpc) is 3.17. The van der Waals surface area contributed by atoms with Crippen LogP contribution in [-0.2, 0) is 0 Å². The van der Waals surface area contributed by atoms with E-state index in [1.165, 1.54) is 23.5 Å². The average molecular weight is 401 g/mol. The molecule has 4 aromatic rings. The highest BCUT2D eigenvalue weighted by Gasteiger charge is 2.06. The van der Waals surface area contributed by atoms with Crippen molar-refractivity contribution in [3.05, 3.63) is 90.0 Å². The van der Waals surface area contributed by atoms with E-state index in [-0.39, 0.29) is 5.56 Å². The van der Waals surface area contributed by atoms with E-state index in [0.717, 1.165) is 15.8 Å². The number of fused-ring (bicyclic) bond motifs is 1. The van der Waals surface area contributed by atoms with Gasteiger partial charge in [0.2, 0.25) is 11.0 Å². The van der Waals surface area contributed by atoms with Crippen LogP contribution in [0.1, 0.15) is 15.9 Å². The standard InChI is InChI=1S/C21H15N5O2S/c27-20(28)15-10-12-16(13-11-15)23-24-19(14-6-2-1-3-7-14)25-26-21-22-17-8-4-5-9-18(17)29-21/h1-13,23H,(H,27,28). The first kappa shape index (κ1) is 18.5. The lowest BCUT2D eigenvalue weighted by Crippen LogP contribution is -2.01. The maximum atomic E-state index is 11.0. The van der Waals surface area contributed by atoms with Gasteiger partial charge in [0.1, 0.15) is 0 Å². The van der Waals surface area contributed by atoms with Gasteiger partial charge in [-0.1, -0.05) is 53.8 Å². The largest absolute Gasteiger partial charge is 0.478 e. The van der Waals surface area contributed by atoms with Gasteiger partial charge < -0.3 is 5.11 Å². The molecule has 29 heavy (non-hydrogen) atoms. The number of hydrazone groups is 1. The van der Waals surface area contributed by atoms with Crippen molar-refractivity contribution in [3.63, 3.8) is 0 Å². The number of hydrogen-bond donors (Lipinski definition) is 2. The Morgan fingerprint density at radius 2 is 1.62 bits per heavy atom. The number of thiazole rings is 1. The van der Waals surface area contributed by atoms with E-state index in [4.69, 9.17) is 5.11 Å². The summed E-state index contributed by atoms with van der Waals surface area (Å²) in [5.41, 5.74) is 5.40. The number of rotatable bonds is 5. The number of amidine groups is 1. The van der Waals surface area contributed by atoms with Crippen LogP contribution in [-0.4, -0.2) is 21.9 Å². The number of azo groups is 1. The van der Waals surface area contributed by atoms with E-state index in [1.807, 2.05) is 54.6 Å². The van der Waals surface area contributed by atoms with E-state index in [1.54, 1.807) is 12.1 Å². The molecule has 0 saturated carbocycles. The molecular weight excluding hydrogens is 386 g/mol. The van der Waals surface area contributed by atoms with Crippen LogP contribution in [0, 0.1) is 0 Å². The van der Waals surface area contributed by atoms with Gasteiger partial charge in [-0.25, -0.2) is 9.78 Å². The lowest BCUT2D eigenvalue weighted by atomic mass is 10.2. The summed E-state index contributed by atoms with van der Waals surface area (Å²) in [4.78, 5) is 15.4. The summed E-state index contributed by atoms with van der Waals surface area (Å²) in [5, 5.41) is 22.4. The Balaban J connectivity index is 1.60. The van der Waals surface area contributed by atoms with E-state index in [2.05, 4.69) is 25.7 Å². The number of aromatic nitrogens is 1. The highest BCUT2D eigenvalue weighted by atomic mass is 32.1. The third kappa shape index (κ3) is 4.50. The number of carboxylic acid groups (broad SMARTS) is 1. The van der Waals surface area contributed by atoms with Gasteiger partial charge in [-0.3, -0.25) is 5.43 Å². The van der Waals surface area contributed by atoms with Gasteiger partial charge in [0.15, 0.2) is 0 Å². The van der Waals surface area contributed by atoms with Crippen LogP contribution in [0.5, 0.6) is 0 Å². The molecule has 4 rings (SSSR count). The fourth-order valence-corrected chi connectivity index (χ4v) is 3.32. The number of anilines is 1. The van der Waals surface area contributed by atoms with Crippen molar-refractivity contribution < 1.29 is 9.90 Å². The molecule has 0 aliphatic heterocycles. The monoisotopic (exact) mass is 401 g/mol. The summed E-state index contributed by atoms with van der Waals surface area (Å²) < 4.78 is 1.04. The molecule has 1 heterocycles. The number of nitrogens with zero attached hydrogens (tertiary/aromatic N) is 4. The molecule has 0 amide bonds. The van der Waals surface area contributed by atoms with Gasteiger partial charge in [0, 0.05) is 5.56 Å². The predicted octanol–water partition coefficient (Wildman–Crippen LogP) is 5.55. The lowest BCUT2D eigenvalue weighted by Gasteiger charge is -2.03. The molecule has 0 spiro atoms. The second kappa shape index (κ2) is 8.41. The highest BCUT2D eigenvalue weighted by molar-refractivity contribution is 7.21. The summed E-state index contributed by atoms with van der Waals surface area (Å²) in [6.45, 7) is 0. The Labute approximate surface area is 170 Å².